The number of non-ortho nitro benzene ring substituents is 1. The number of nitro groups is 1. The molecule has 80 valence electrons. The highest BCUT2D eigenvalue weighted by Crippen LogP contribution is 2.34. The van der Waals surface area contributed by atoms with Gasteiger partial charge in [-0.3, -0.25) is 10.1 Å². The van der Waals surface area contributed by atoms with E-state index in [1.54, 1.807) is 0 Å². The second kappa shape index (κ2) is 3.94. The standard InChI is InChI=1S/C9H8ClNO4/c10-4-7-5-14-9-3-6(11(12)13)1-2-8(9)15-7/h1-3,7H,4-5H2. The van der Waals surface area contributed by atoms with Gasteiger partial charge in [-0.15, -0.1) is 11.6 Å². The minimum atomic E-state index is -0.475. The number of ether oxygens (including phenoxy) is 2. The third kappa shape index (κ3) is 1.97. The molecule has 0 amide bonds. The van der Waals surface area contributed by atoms with Crippen molar-refractivity contribution < 1.29 is 14.4 Å². The van der Waals surface area contributed by atoms with Gasteiger partial charge in [0.05, 0.1) is 16.9 Å². The van der Waals surface area contributed by atoms with Crippen LogP contribution in [0, 0.1) is 10.1 Å². The minimum absolute atomic E-state index is 0.0123. The molecule has 0 saturated heterocycles. The molecular formula is C9H8ClNO4. The number of nitro benzene ring substituents is 1. The molecule has 1 aliphatic heterocycles. The first-order valence-corrected chi connectivity index (χ1v) is 4.88. The molecular weight excluding hydrogens is 222 g/mol. The third-order valence-corrected chi connectivity index (χ3v) is 2.37. The van der Waals surface area contributed by atoms with Crippen molar-refractivity contribution in [3.63, 3.8) is 0 Å². The second-order valence-electron chi connectivity index (χ2n) is 3.09. The number of benzene rings is 1. The number of hydrogen-bond donors (Lipinski definition) is 0. The Morgan fingerprint density at radius 1 is 1.53 bits per heavy atom. The molecule has 5 nitrogen and oxygen atoms in total. The van der Waals surface area contributed by atoms with E-state index in [-0.39, 0.29) is 11.8 Å². The van der Waals surface area contributed by atoms with Crippen LogP contribution in [0.2, 0.25) is 0 Å². The van der Waals surface area contributed by atoms with E-state index in [0.29, 0.717) is 24.0 Å². The van der Waals surface area contributed by atoms with E-state index in [1.807, 2.05) is 0 Å². The highest BCUT2D eigenvalue weighted by Gasteiger charge is 2.22. The summed E-state index contributed by atoms with van der Waals surface area (Å²) in [5, 5.41) is 10.5. The lowest BCUT2D eigenvalue weighted by Crippen LogP contribution is -2.30. The number of fused-ring (bicyclic) bond motifs is 1. The fourth-order valence-corrected chi connectivity index (χ4v) is 1.44. The fraction of sp³-hybridized carbons (Fsp3) is 0.333. The first kappa shape index (κ1) is 10.0. The van der Waals surface area contributed by atoms with Crippen LogP contribution in [0.25, 0.3) is 0 Å². The first-order chi connectivity index (χ1) is 7.20. The molecule has 0 spiro atoms. The molecule has 6 heteroatoms. The molecule has 2 rings (SSSR count). The largest absolute Gasteiger partial charge is 0.486 e. The zero-order valence-corrected chi connectivity index (χ0v) is 8.44. The predicted molar refractivity (Wildman–Crippen MR) is 53.7 cm³/mol. The van der Waals surface area contributed by atoms with Gasteiger partial charge in [0.1, 0.15) is 12.7 Å². The van der Waals surface area contributed by atoms with Crippen LogP contribution < -0.4 is 9.47 Å². The number of alkyl halides is 1. The molecule has 1 aromatic carbocycles. The number of hydrogen-bond acceptors (Lipinski definition) is 4. The van der Waals surface area contributed by atoms with E-state index < -0.39 is 4.92 Å². The van der Waals surface area contributed by atoms with Crippen molar-refractivity contribution in [2.24, 2.45) is 0 Å². The van der Waals surface area contributed by atoms with E-state index in [0.717, 1.165) is 0 Å². The summed E-state index contributed by atoms with van der Waals surface area (Å²) in [4.78, 5) is 10.0. The molecule has 15 heavy (non-hydrogen) atoms. The average Bonchev–Trinajstić information content (AvgIpc) is 2.27. The van der Waals surface area contributed by atoms with Crippen LogP contribution in [0.1, 0.15) is 0 Å². The highest BCUT2D eigenvalue weighted by molar-refractivity contribution is 6.18. The Bertz CT molecular complexity index is 396. The molecule has 0 aliphatic carbocycles. The first-order valence-electron chi connectivity index (χ1n) is 4.34. The molecule has 0 saturated carbocycles. The van der Waals surface area contributed by atoms with E-state index in [2.05, 4.69) is 0 Å². The van der Waals surface area contributed by atoms with Crippen molar-refractivity contribution in [3.8, 4) is 11.5 Å². The highest BCUT2D eigenvalue weighted by atomic mass is 35.5. The predicted octanol–water partition coefficient (Wildman–Crippen LogP) is 1.97. The van der Waals surface area contributed by atoms with Gasteiger partial charge in [0.25, 0.3) is 5.69 Å². The van der Waals surface area contributed by atoms with Gasteiger partial charge < -0.3 is 9.47 Å². The van der Waals surface area contributed by atoms with Crippen LogP contribution in [-0.2, 0) is 0 Å². The molecule has 1 aromatic rings. The van der Waals surface area contributed by atoms with Crippen LogP contribution in [0.4, 0.5) is 5.69 Å². The maximum absolute atomic E-state index is 10.5. The summed E-state index contributed by atoms with van der Waals surface area (Å²) in [6.07, 6.45) is -0.194. The summed E-state index contributed by atoms with van der Waals surface area (Å²) < 4.78 is 10.7. The quantitative estimate of drug-likeness (QED) is 0.442. The Hall–Kier alpha value is -1.49. The van der Waals surface area contributed by atoms with Crippen molar-refractivity contribution >= 4 is 17.3 Å². The summed E-state index contributed by atoms with van der Waals surface area (Å²) in [5.74, 6) is 1.22. The van der Waals surface area contributed by atoms with Gasteiger partial charge >= 0.3 is 0 Å². The van der Waals surface area contributed by atoms with Crippen LogP contribution in [0.15, 0.2) is 18.2 Å². The van der Waals surface area contributed by atoms with Crippen LogP contribution in [0.3, 0.4) is 0 Å². The monoisotopic (exact) mass is 229 g/mol. The normalized spacial score (nSPS) is 18.6. The van der Waals surface area contributed by atoms with Gasteiger partial charge in [-0.2, -0.15) is 0 Å². The number of rotatable bonds is 2. The van der Waals surface area contributed by atoms with E-state index in [9.17, 15) is 10.1 Å². The lowest BCUT2D eigenvalue weighted by molar-refractivity contribution is -0.385. The van der Waals surface area contributed by atoms with Crippen molar-refractivity contribution in [2.75, 3.05) is 12.5 Å². The Labute approximate surface area is 90.7 Å². The summed E-state index contributed by atoms with van der Waals surface area (Å²) >= 11 is 5.62. The maximum atomic E-state index is 10.5. The molecule has 0 radical (unpaired) electrons. The summed E-state index contributed by atoms with van der Waals surface area (Å²) in [6.45, 7) is 0.317. The molecule has 0 N–H and O–H groups in total. The van der Waals surface area contributed by atoms with E-state index >= 15 is 0 Å². The van der Waals surface area contributed by atoms with Gasteiger partial charge in [-0.25, -0.2) is 0 Å². The van der Waals surface area contributed by atoms with Crippen LogP contribution in [-0.4, -0.2) is 23.5 Å². The number of nitrogens with zero attached hydrogens (tertiary/aromatic N) is 1. The summed E-state index contributed by atoms with van der Waals surface area (Å²) in [5.41, 5.74) is -0.0123. The van der Waals surface area contributed by atoms with E-state index in [4.69, 9.17) is 21.1 Å². The zero-order valence-electron chi connectivity index (χ0n) is 7.68. The Morgan fingerprint density at radius 2 is 2.33 bits per heavy atom. The van der Waals surface area contributed by atoms with Crippen LogP contribution >= 0.6 is 11.6 Å². The SMILES string of the molecule is O=[N+]([O-])c1ccc2c(c1)OCC(CCl)O2. The van der Waals surface area contributed by atoms with Crippen molar-refractivity contribution in [1.82, 2.24) is 0 Å². The molecule has 1 heterocycles. The smallest absolute Gasteiger partial charge is 0.273 e. The lowest BCUT2D eigenvalue weighted by atomic mass is 10.2. The van der Waals surface area contributed by atoms with Crippen molar-refractivity contribution in [1.29, 1.82) is 0 Å². The topological polar surface area (TPSA) is 61.6 Å². The lowest BCUT2D eigenvalue weighted by Gasteiger charge is -2.24. The molecule has 0 bridgehead atoms. The summed E-state index contributed by atoms with van der Waals surface area (Å²) in [6, 6.07) is 4.24. The second-order valence-corrected chi connectivity index (χ2v) is 3.40. The van der Waals surface area contributed by atoms with Gasteiger partial charge in [0.15, 0.2) is 11.5 Å². The number of halogens is 1. The minimum Gasteiger partial charge on any atom is -0.486 e. The molecule has 0 fully saturated rings. The molecule has 0 aromatic heterocycles. The zero-order chi connectivity index (χ0) is 10.8. The van der Waals surface area contributed by atoms with Gasteiger partial charge in [0, 0.05) is 6.07 Å². The third-order valence-electron chi connectivity index (χ3n) is 2.03. The molecule has 1 unspecified atom stereocenters. The van der Waals surface area contributed by atoms with Crippen molar-refractivity contribution in [2.45, 2.75) is 6.10 Å². The Morgan fingerprint density at radius 3 is 3.00 bits per heavy atom. The fourth-order valence-electron chi connectivity index (χ4n) is 1.29. The van der Waals surface area contributed by atoms with Gasteiger partial charge in [-0.1, -0.05) is 0 Å². The summed E-state index contributed by atoms with van der Waals surface area (Å²) in [7, 11) is 0. The molecule has 1 aliphatic rings. The van der Waals surface area contributed by atoms with Crippen LogP contribution in [0.5, 0.6) is 11.5 Å². The molecule has 1 atom stereocenters. The Balaban J connectivity index is 2.28. The van der Waals surface area contributed by atoms with Gasteiger partial charge in [-0.05, 0) is 6.07 Å². The van der Waals surface area contributed by atoms with Crippen molar-refractivity contribution in [3.05, 3.63) is 28.3 Å². The average molecular weight is 230 g/mol. The van der Waals surface area contributed by atoms with E-state index in [1.165, 1.54) is 18.2 Å². The maximum Gasteiger partial charge on any atom is 0.273 e. The Kier molecular flexibility index (Phi) is 2.64. The van der Waals surface area contributed by atoms with Gasteiger partial charge in [0.2, 0.25) is 0 Å².